The van der Waals surface area contributed by atoms with E-state index in [0.717, 1.165) is 22.3 Å². The minimum Gasteiger partial charge on any atom is -0.305 e. The van der Waals surface area contributed by atoms with E-state index in [1.807, 2.05) is 0 Å². The highest BCUT2D eigenvalue weighted by molar-refractivity contribution is 7.90. The molecule has 0 unspecified atom stereocenters. The van der Waals surface area contributed by atoms with Crippen LogP contribution in [0.4, 0.5) is 5.69 Å². The fraction of sp³-hybridized carbons (Fsp3) is 0.100. The number of rotatable bonds is 4. The normalized spacial score (nSPS) is 12.3. The summed E-state index contributed by atoms with van der Waals surface area (Å²) >= 11 is 2.35. The van der Waals surface area contributed by atoms with Gasteiger partial charge >= 0.3 is 0 Å². The maximum absolute atomic E-state index is 12.8. The molecule has 156 valence electrons. The van der Waals surface area contributed by atoms with Crippen LogP contribution in [0.3, 0.4) is 0 Å². The highest BCUT2D eigenvalue weighted by Gasteiger charge is 2.15. The summed E-state index contributed by atoms with van der Waals surface area (Å²) in [4.78, 5) is 28.3. The number of thiazole rings is 1. The Bertz CT molecular complexity index is 1600. The van der Waals surface area contributed by atoms with Gasteiger partial charge < -0.3 is 4.57 Å². The molecule has 2 heterocycles. The molecule has 0 atom stereocenters. The van der Waals surface area contributed by atoms with Gasteiger partial charge in [0.25, 0.3) is 11.6 Å². The van der Waals surface area contributed by atoms with E-state index >= 15 is 0 Å². The third-order valence-electron chi connectivity index (χ3n) is 4.45. The number of sulfone groups is 1. The number of hydrogen-bond acceptors (Lipinski definition) is 7. The third kappa shape index (κ3) is 4.00. The molecule has 1 amide bonds. The van der Waals surface area contributed by atoms with E-state index in [0.29, 0.717) is 25.3 Å². The highest BCUT2D eigenvalue weighted by atomic mass is 32.2. The molecule has 0 spiro atoms. The Morgan fingerprint density at radius 2 is 1.97 bits per heavy atom. The number of benzene rings is 2. The lowest BCUT2D eigenvalue weighted by Crippen LogP contribution is -2.16. The molecule has 0 aliphatic carbocycles. The lowest BCUT2D eigenvalue weighted by atomic mass is 10.2. The Morgan fingerprint density at radius 3 is 2.65 bits per heavy atom. The maximum Gasteiger partial charge on any atom is 0.289 e. The minimum atomic E-state index is -3.39. The first-order valence-corrected chi connectivity index (χ1v) is 12.2. The van der Waals surface area contributed by atoms with Crippen LogP contribution in [0.2, 0.25) is 0 Å². The van der Waals surface area contributed by atoms with Crippen molar-refractivity contribution in [3.63, 3.8) is 0 Å². The molecule has 0 saturated carbocycles. The van der Waals surface area contributed by atoms with Crippen molar-refractivity contribution in [2.24, 2.45) is 4.99 Å². The van der Waals surface area contributed by atoms with Crippen LogP contribution in [0.1, 0.15) is 9.67 Å². The SMILES string of the molecule is C#CCn1c(=NC(=O)c2cc3cc([N+](=O)[O-])ccc3s2)sc2cc(S(C)(=O)=O)ccc21. The first-order chi connectivity index (χ1) is 14.7. The Labute approximate surface area is 184 Å². The Kier molecular flexibility index (Phi) is 5.22. The lowest BCUT2D eigenvalue weighted by Gasteiger charge is -2.01. The summed E-state index contributed by atoms with van der Waals surface area (Å²) in [5.74, 6) is 2.01. The molecule has 0 fully saturated rings. The van der Waals surface area contributed by atoms with Gasteiger partial charge in [0.15, 0.2) is 14.6 Å². The van der Waals surface area contributed by atoms with E-state index < -0.39 is 20.7 Å². The van der Waals surface area contributed by atoms with Crippen LogP contribution >= 0.6 is 22.7 Å². The van der Waals surface area contributed by atoms with Gasteiger partial charge in [0.2, 0.25) is 0 Å². The quantitative estimate of drug-likeness (QED) is 0.256. The topological polar surface area (TPSA) is 112 Å². The minimum absolute atomic E-state index is 0.0562. The van der Waals surface area contributed by atoms with Crippen molar-refractivity contribution < 1.29 is 18.1 Å². The van der Waals surface area contributed by atoms with Gasteiger partial charge in [-0.25, -0.2) is 8.42 Å². The Balaban J connectivity index is 1.83. The predicted octanol–water partition coefficient (Wildman–Crippen LogP) is 3.60. The van der Waals surface area contributed by atoms with Gasteiger partial charge in [-0.1, -0.05) is 17.3 Å². The number of terminal acetylenes is 1. The van der Waals surface area contributed by atoms with E-state index in [-0.39, 0.29) is 17.1 Å². The fourth-order valence-electron chi connectivity index (χ4n) is 3.01. The summed E-state index contributed by atoms with van der Waals surface area (Å²) in [5, 5.41) is 11.6. The van der Waals surface area contributed by atoms with E-state index in [4.69, 9.17) is 6.42 Å². The van der Waals surface area contributed by atoms with Gasteiger partial charge in [0, 0.05) is 28.5 Å². The van der Waals surface area contributed by atoms with Crippen LogP contribution in [0.15, 0.2) is 52.4 Å². The summed E-state index contributed by atoms with van der Waals surface area (Å²) in [6, 6.07) is 10.6. The maximum atomic E-state index is 12.8. The fourth-order valence-corrected chi connectivity index (χ4v) is 5.72. The number of hydrogen-bond donors (Lipinski definition) is 0. The number of carbonyl (C=O) groups is 1. The molecule has 11 heteroatoms. The number of nitro groups is 1. The molecule has 0 aliphatic heterocycles. The molecule has 0 radical (unpaired) electrons. The molecule has 0 aliphatic rings. The zero-order valence-electron chi connectivity index (χ0n) is 15.9. The van der Waals surface area contributed by atoms with E-state index in [1.165, 1.54) is 35.6 Å². The summed E-state index contributed by atoms with van der Waals surface area (Å²) in [5.41, 5.74) is 0.619. The molecule has 4 aromatic rings. The smallest absolute Gasteiger partial charge is 0.289 e. The van der Waals surface area contributed by atoms with E-state index in [1.54, 1.807) is 22.8 Å². The van der Waals surface area contributed by atoms with Gasteiger partial charge in [-0.3, -0.25) is 14.9 Å². The standard InChI is InChI=1S/C20H13N3O5S3/c1-3-8-22-15-6-5-14(31(2,27)28)11-17(15)30-20(22)21-19(24)18-10-12-9-13(23(25)26)4-7-16(12)29-18/h1,4-7,9-11H,8H2,2H3. The van der Waals surface area contributed by atoms with Gasteiger partial charge in [-0.05, 0) is 30.3 Å². The second-order valence-corrected chi connectivity index (χ2v) is 10.7. The van der Waals surface area contributed by atoms with Crippen LogP contribution < -0.4 is 4.80 Å². The van der Waals surface area contributed by atoms with Crippen molar-refractivity contribution >= 4 is 64.4 Å². The number of carbonyl (C=O) groups excluding carboxylic acids is 1. The molecule has 31 heavy (non-hydrogen) atoms. The summed E-state index contributed by atoms with van der Waals surface area (Å²) in [7, 11) is -3.39. The zero-order valence-corrected chi connectivity index (χ0v) is 18.4. The van der Waals surface area contributed by atoms with Gasteiger partial charge in [-0.15, -0.1) is 17.8 Å². The highest BCUT2D eigenvalue weighted by Crippen LogP contribution is 2.29. The first kappa shape index (κ1) is 20.9. The number of fused-ring (bicyclic) bond motifs is 2. The molecule has 2 aromatic heterocycles. The van der Waals surface area contributed by atoms with Crippen LogP contribution in [0, 0.1) is 22.5 Å². The average Bonchev–Trinajstić information content (AvgIpc) is 3.28. The zero-order chi connectivity index (χ0) is 22.3. The molecular formula is C20H13N3O5S3. The van der Waals surface area contributed by atoms with Gasteiger partial charge in [0.05, 0.1) is 31.5 Å². The Hall–Kier alpha value is -3.33. The van der Waals surface area contributed by atoms with Crippen LogP contribution in [-0.4, -0.2) is 30.1 Å². The number of amides is 1. The molecular weight excluding hydrogens is 458 g/mol. The van der Waals surface area contributed by atoms with E-state index in [2.05, 4.69) is 10.9 Å². The molecule has 0 saturated heterocycles. The third-order valence-corrected chi connectivity index (χ3v) is 7.71. The van der Waals surface area contributed by atoms with Crippen LogP contribution in [-0.2, 0) is 16.4 Å². The predicted molar refractivity (Wildman–Crippen MR) is 120 cm³/mol. The van der Waals surface area contributed by atoms with Crippen molar-refractivity contribution in [1.82, 2.24) is 4.57 Å². The number of nitrogens with zero attached hydrogens (tertiary/aromatic N) is 3. The number of aromatic nitrogens is 1. The van der Waals surface area contributed by atoms with Gasteiger partial charge in [-0.2, -0.15) is 4.99 Å². The average molecular weight is 472 g/mol. The summed E-state index contributed by atoms with van der Waals surface area (Å²) < 4.78 is 26.7. The first-order valence-electron chi connectivity index (χ1n) is 8.71. The van der Waals surface area contributed by atoms with Crippen molar-refractivity contribution in [3.8, 4) is 12.3 Å². The Morgan fingerprint density at radius 1 is 1.19 bits per heavy atom. The van der Waals surface area contributed by atoms with Crippen molar-refractivity contribution in [2.45, 2.75) is 11.4 Å². The molecule has 8 nitrogen and oxygen atoms in total. The summed E-state index contributed by atoms with van der Waals surface area (Å²) in [6.07, 6.45) is 6.59. The van der Waals surface area contributed by atoms with Crippen LogP contribution in [0.25, 0.3) is 20.3 Å². The molecule has 4 rings (SSSR count). The largest absolute Gasteiger partial charge is 0.305 e. The number of non-ortho nitro benzene ring substituents is 1. The second kappa shape index (κ2) is 7.73. The van der Waals surface area contributed by atoms with Crippen LogP contribution in [0.5, 0.6) is 0 Å². The van der Waals surface area contributed by atoms with E-state index in [9.17, 15) is 23.3 Å². The van der Waals surface area contributed by atoms with Crippen molar-refractivity contribution in [2.75, 3.05) is 6.26 Å². The molecule has 2 aromatic carbocycles. The van der Waals surface area contributed by atoms with Crippen molar-refractivity contribution in [3.05, 3.63) is 62.3 Å². The van der Waals surface area contributed by atoms with Gasteiger partial charge in [0.1, 0.15) is 0 Å². The number of nitro benzene ring substituents is 1. The second-order valence-electron chi connectivity index (χ2n) is 6.58. The number of thiophene rings is 1. The molecule has 0 bridgehead atoms. The van der Waals surface area contributed by atoms with Crippen molar-refractivity contribution in [1.29, 1.82) is 0 Å². The molecule has 0 N–H and O–H groups in total. The summed E-state index contributed by atoms with van der Waals surface area (Å²) in [6.45, 7) is 0.156. The monoisotopic (exact) mass is 471 g/mol. The lowest BCUT2D eigenvalue weighted by molar-refractivity contribution is -0.384.